The Labute approximate surface area is 71.4 Å². The lowest BCUT2D eigenvalue weighted by molar-refractivity contribution is 0.810. The number of halogens is 1. The fraction of sp³-hybridized carbons (Fsp3) is 0.375. The van der Waals surface area contributed by atoms with Crippen molar-refractivity contribution in [2.75, 3.05) is 0 Å². The highest BCUT2D eigenvalue weighted by atomic mass is 35.5. The molecule has 11 heavy (non-hydrogen) atoms. The normalized spacial score (nSPS) is 13.1. The Balaban J connectivity index is 3.05. The molecule has 0 amide bonds. The first-order valence-corrected chi connectivity index (χ1v) is 3.86. The van der Waals surface area contributed by atoms with Crippen LogP contribution in [-0.2, 0) is 0 Å². The Hall–Kier alpha value is -0.600. The van der Waals surface area contributed by atoms with Crippen LogP contribution in [0.3, 0.4) is 0 Å². The van der Waals surface area contributed by atoms with E-state index in [9.17, 15) is 0 Å². The van der Waals surface area contributed by atoms with Crippen molar-refractivity contribution in [2.45, 2.75) is 19.9 Å². The first-order valence-electron chi connectivity index (χ1n) is 3.49. The lowest BCUT2D eigenvalue weighted by Gasteiger charge is -2.05. The Kier molecular flexibility index (Phi) is 2.47. The lowest BCUT2D eigenvalue weighted by Crippen LogP contribution is -2.05. The van der Waals surface area contributed by atoms with Crippen LogP contribution < -0.4 is 5.73 Å². The van der Waals surface area contributed by atoms with Crippen LogP contribution in [0.1, 0.15) is 24.1 Å². The Morgan fingerprint density at radius 3 is 2.73 bits per heavy atom. The van der Waals surface area contributed by atoms with E-state index in [2.05, 4.69) is 4.98 Å². The zero-order valence-corrected chi connectivity index (χ0v) is 7.39. The van der Waals surface area contributed by atoms with Gasteiger partial charge in [-0.05, 0) is 31.0 Å². The molecule has 1 aromatic heterocycles. The largest absolute Gasteiger partial charge is 0.324 e. The van der Waals surface area contributed by atoms with Crippen LogP contribution >= 0.6 is 11.6 Å². The third-order valence-corrected chi connectivity index (χ3v) is 1.96. The summed E-state index contributed by atoms with van der Waals surface area (Å²) in [6.45, 7) is 3.84. The topological polar surface area (TPSA) is 38.9 Å². The first kappa shape index (κ1) is 8.50. The van der Waals surface area contributed by atoms with Gasteiger partial charge < -0.3 is 5.73 Å². The van der Waals surface area contributed by atoms with Crippen LogP contribution in [0.4, 0.5) is 0 Å². The molecule has 0 spiro atoms. The van der Waals surface area contributed by atoms with E-state index in [1.165, 1.54) is 0 Å². The number of aryl methyl sites for hydroxylation is 1. The van der Waals surface area contributed by atoms with Gasteiger partial charge in [-0.25, -0.2) is 4.98 Å². The van der Waals surface area contributed by atoms with E-state index in [-0.39, 0.29) is 6.04 Å². The molecule has 0 fully saturated rings. The van der Waals surface area contributed by atoms with Gasteiger partial charge in [0.2, 0.25) is 0 Å². The molecule has 0 aliphatic carbocycles. The van der Waals surface area contributed by atoms with Crippen LogP contribution in [0.15, 0.2) is 12.3 Å². The van der Waals surface area contributed by atoms with Gasteiger partial charge in [0.1, 0.15) is 5.15 Å². The molecule has 3 heteroatoms. The molecule has 0 bridgehead atoms. The maximum atomic E-state index is 5.73. The average molecular weight is 171 g/mol. The molecule has 0 aromatic carbocycles. The summed E-state index contributed by atoms with van der Waals surface area (Å²) in [5.41, 5.74) is 7.64. The molecule has 0 saturated carbocycles. The number of hydrogen-bond acceptors (Lipinski definition) is 2. The fourth-order valence-corrected chi connectivity index (χ4v) is 0.932. The minimum absolute atomic E-state index is 0.0264. The summed E-state index contributed by atoms with van der Waals surface area (Å²) in [6.07, 6.45) is 1.71. The van der Waals surface area contributed by atoms with Gasteiger partial charge in [0.15, 0.2) is 0 Å². The van der Waals surface area contributed by atoms with Gasteiger partial charge in [0.25, 0.3) is 0 Å². The highest BCUT2D eigenvalue weighted by Gasteiger charge is 2.01. The maximum Gasteiger partial charge on any atom is 0.131 e. The molecule has 0 aliphatic rings. The van der Waals surface area contributed by atoms with Gasteiger partial charge in [-0.15, -0.1) is 0 Å². The molecule has 0 saturated heterocycles. The summed E-state index contributed by atoms with van der Waals surface area (Å²) < 4.78 is 0. The molecule has 1 atom stereocenters. The number of nitrogens with two attached hydrogens (primary N) is 1. The van der Waals surface area contributed by atoms with Crippen molar-refractivity contribution in [3.63, 3.8) is 0 Å². The molecule has 0 aliphatic heterocycles. The smallest absolute Gasteiger partial charge is 0.131 e. The third kappa shape index (κ3) is 1.91. The Morgan fingerprint density at radius 1 is 1.64 bits per heavy atom. The first-order chi connectivity index (χ1) is 5.11. The molecule has 2 N–H and O–H groups in total. The van der Waals surface area contributed by atoms with Gasteiger partial charge in [-0.1, -0.05) is 11.6 Å². The van der Waals surface area contributed by atoms with E-state index in [4.69, 9.17) is 17.3 Å². The minimum Gasteiger partial charge on any atom is -0.324 e. The second-order valence-electron chi connectivity index (χ2n) is 2.67. The quantitative estimate of drug-likeness (QED) is 0.656. The number of aromatic nitrogens is 1. The van der Waals surface area contributed by atoms with E-state index in [1.54, 1.807) is 6.20 Å². The zero-order valence-electron chi connectivity index (χ0n) is 6.63. The molecule has 1 rings (SSSR count). The monoisotopic (exact) mass is 170 g/mol. The van der Waals surface area contributed by atoms with Crippen LogP contribution in [0.25, 0.3) is 0 Å². The number of rotatable bonds is 1. The van der Waals surface area contributed by atoms with E-state index in [0.29, 0.717) is 5.15 Å². The van der Waals surface area contributed by atoms with Crippen molar-refractivity contribution in [2.24, 2.45) is 5.73 Å². The SMILES string of the molecule is Cc1cc([C@@H](C)N)cnc1Cl. The van der Waals surface area contributed by atoms with E-state index in [1.807, 2.05) is 19.9 Å². The summed E-state index contributed by atoms with van der Waals surface area (Å²) >= 11 is 5.73. The Morgan fingerprint density at radius 2 is 2.27 bits per heavy atom. The van der Waals surface area contributed by atoms with Gasteiger partial charge in [-0.3, -0.25) is 0 Å². The standard InChI is InChI=1S/C8H11ClN2/c1-5-3-7(6(2)10)4-11-8(5)9/h3-4,6H,10H2,1-2H3/t6-/m1/s1. The van der Waals surface area contributed by atoms with Crippen LogP contribution in [0, 0.1) is 6.92 Å². The van der Waals surface area contributed by atoms with Crippen molar-refractivity contribution in [1.82, 2.24) is 4.98 Å². The summed E-state index contributed by atoms with van der Waals surface area (Å²) in [7, 11) is 0. The van der Waals surface area contributed by atoms with Crippen LogP contribution in [0.2, 0.25) is 5.15 Å². The Bertz CT molecular complexity index is 258. The fourth-order valence-electron chi connectivity index (χ4n) is 0.829. The van der Waals surface area contributed by atoms with E-state index < -0.39 is 0 Å². The van der Waals surface area contributed by atoms with E-state index in [0.717, 1.165) is 11.1 Å². The minimum atomic E-state index is 0.0264. The van der Waals surface area contributed by atoms with Crippen LogP contribution in [-0.4, -0.2) is 4.98 Å². The molecule has 2 nitrogen and oxygen atoms in total. The second kappa shape index (κ2) is 3.20. The van der Waals surface area contributed by atoms with E-state index >= 15 is 0 Å². The average Bonchev–Trinajstić information content (AvgIpc) is 1.94. The summed E-state index contributed by atoms with van der Waals surface area (Å²) in [5, 5.41) is 0.550. The number of hydrogen-bond donors (Lipinski definition) is 1. The maximum absolute atomic E-state index is 5.73. The predicted octanol–water partition coefficient (Wildman–Crippen LogP) is 2.06. The molecule has 0 radical (unpaired) electrons. The van der Waals surface area contributed by atoms with Crippen molar-refractivity contribution >= 4 is 11.6 Å². The van der Waals surface area contributed by atoms with Gasteiger partial charge in [0.05, 0.1) is 0 Å². The lowest BCUT2D eigenvalue weighted by atomic mass is 10.1. The molecule has 1 aromatic rings. The van der Waals surface area contributed by atoms with Gasteiger partial charge in [-0.2, -0.15) is 0 Å². The molecule has 1 heterocycles. The second-order valence-corrected chi connectivity index (χ2v) is 3.02. The zero-order chi connectivity index (χ0) is 8.43. The predicted molar refractivity (Wildman–Crippen MR) is 46.6 cm³/mol. The van der Waals surface area contributed by atoms with Gasteiger partial charge >= 0.3 is 0 Å². The third-order valence-electron chi connectivity index (χ3n) is 1.56. The van der Waals surface area contributed by atoms with Crippen molar-refractivity contribution < 1.29 is 0 Å². The highest BCUT2D eigenvalue weighted by molar-refractivity contribution is 6.30. The molecular formula is C8H11ClN2. The molecule has 0 unspecified atom stereocenters. The van der Waals surface area contributed by atoms with Crippen molar-refractivity contribution in [3.8, 4) is 0 Å². The summed E-state index contributed by atoms with van der Waals surface area (Å²) in [5.74, 6) is 0. The number of nitrogens with zero attached hydrogens (tertiary/aromatic N) is 1. The summed E-state index contributed by atoms with van der Waals surface area (Å²) in [4.78, 5) is 3.99. The number of pyridine rings is 1. The highest BCUT2D eigenvalue weighted by Crippen LogP contribution is 2.15. The van der Waals surface area contributed by atoms with Crippen molar-refractivity contribution in [1.29, 1.82) is 0 Å². The summed E-state index contributed by atoms with van der Waals surface area (Å²) in [6, 6.07) is 1.98. The molecule has 60 valence electrons. The van der Waals surface area contributed by atoms with Crippen LogP contribution in [0.5, 0.6) is 0 Å². The van der Waals surface area contributed by atoms with Crippen molar-refractivity contribution in [3.05, 3.63) is 28.5 Å². The molecular weight excluding hydrogens is 160 g/mol. The van der Waals surface area contributed by atoms with Gasteiger partial charge in [0, 0.05) is 12.2 Å².